The van der Waals surface area contributed by atoms with E-state index in [0.717, 1.165) is 26.6 Å². The van der Waals surface area contributed by atoms with Gasteiger partial charge < -0.3 is 0 Å². The monoisotopic (exact) mass is 104 g/mol. The summed E-state index contributed by atoms with van der Waals surface area (Å²) >= 11 is 0. The van der Waals surface area contributed by atoms with E-state index in [1.54, 1.807) is 0 Å². The van der Waals surface area contributed by atoms with Crippen LogP contribution in [0.15, 0.2) is 0 Å². The lowest BCUT2D eigenvalue weighted by Gasteiger charge is -2.02. The van der Waals surface area contributed by atoms with Gasteiger partial charge in [0.15, 0.2) is 0 Å². The van der Waals surface area contributed by atoms with Gasteiger partial charge in [0.25, 0.3) is 0 Å². The molecule has 0 radical (unpaired) electrons. The van der Waals surface area contributed by atoms with E-state index >= 15 is 0 Å². The van der Waals surface area contributed by atoms with E-state index in [2.05, 4.69) is 0 Å². The van der Waals surface area contributed by atoms with Gasteiger partial charge in [0.1, 0.15) is 0 Å². The molecule has 24 valence electrons. The van der Waals surface area contributed by atoms with Gasteiger partial charge in [-0.3, -0.25) is 0 Å². The van der Waals surface area contributed by atoms with Crippen molar-refractivity contribution >= 4 is 26.6 Å². The summed E-state index contributed by atoms with van der Waals surface area (Å²) in [4.78, 5) is 0. The van der Waals surface area contributed by atoms with Crippen molar-refractivity contribution in [3.05, 3.63) is 0 Å². The van der Waals surface area contributed by atoms with Gasteiger partial charge >= 0.3 is 0 Å². The van der Waals surface area contributed by atoms with Crippen LogP contribution in [0.3, 0.4) is 0 Å². The molecule has 0 N–H and O–H groups in total. The predicted octanol–water partition coefficient (Wildman–Crippen LogP) is -2.29. The van der Waals surface area contributed by atoms with Crippen LogP contribution in [0.5, 0.6) is 0 Å². The summed E-state index contributed by atoms with van der Waals surface area (Å²) < 4.78 is 0. The Kier molecular flexibility index (Phi) is 0.850. The van der Waals surface area contributed by atoms with E-state index < -0.39 is 0 Å². The standard InChI is InChI=1S/CH8Si3/c1-2-4-3-1/h1-4H2. The molecule has 0 spiro atoms. The van der Waals surface area contributed by atoms with E-state index in [9.17, 15) is 0 Å². The van der Waals surface area contributed by atoms with Crippen LogP contribution in [0, 0.1) is 0 Å². The second-order valence-electron chi connectivity index (χ2n) is 1.41. The molecule has 1 saturated heterocycles. The molecule has 1 rings (SSSR count). The zero-order chi connectivity index (χ0) is 2.83. The first kappa shape index (κ1) is 2.87. The van der Waals surface area contributed by atoms with E-state index in [-0.39, 0.29) is 0 Å². The Labute approximate surface area is 33.0 Å². The van der Waals surface area contributed by atoms with Crippen LogP contribution in [0.25, 0.3) is 0 Å². The first-order chi connectivity index (χ1) is 2.00. The molecule has 0 atom stereocenters. The summed E-state index contributed by atoms with van der Waals surface area (Å²) in [5.74, 6) is 0. The number of hydrogen-bond donors (Lipinski definition) is 0. The fourth-order valence-electron chi connectivity index (χ4n) is 0.250. The van der Waals surface area contributed by atoms with Gasteiger partial charge in [0.05, 0.1) is 0 Å². The lowest BCUT2D eigenvalue weighted by Crippen LogP contribution is -2.26. The quantitative estimate of drug-likeness (QED) is 0.304. The zero-order valence-corrected chi connectivity index (χ0v) is 7.07. The van der Waals surface area contributed by atoms with Crippen molar-refractivity contribution in [2.75, 3.05) is 0 Å². The predicted molar refractivity (Wildman–Crippen MR) is 30.4 cm³/mol. The summed E-state index contributed by atoms with van der Waals surface area (Å²) in [6, 6.07) is 0. The molecule has 0 bridgehead atoms. The molecular formula is CH8Si3. The molecule has 1 aliphatic heterocycles. The van der Waals surface area contributed by atoms with Crippen molar-refractivity contribution in [3.8, 4) is 0 Å². The van der Waals surface area contributed by atoms with E-state index in [0.29, 0.717) is 0 Å². The number of rotatable bonds is 0. The summed E-state index contributed by atoms with van der Waals surface area (Å²) in [6.07, 6.45) is 0. The topological polar surface area (TPSA) is 0 Å². The molecule has 3 heteroatoms. The van der Waals surface area contributed by atoms with Gasteiger partial charge in [-0.05, 0) is 8.55 Å². The highest BCUT2D eigenvalue weighted by molar-refractivity contribution is 7.40. The Morgan fingerprint density at radius 2 is 1.50 bits per heavy atom. The molecule has 0 nitrogen and oxygen atoms in total. The van der Waals surface area contributed by atoms with Crippen LogP contribution in [0.1, 0.15) is 0 Å². The molecule has 0 amide bonds. The van der Waals surface area contributed by atoms with Gasteiger partial charge in [0, 0.05) is 18.1 Å². The Hall–Kier alpha value is 0.651. The van der Waals surface area contributed by atoms with E-state index in [1.165, 1.54) is 0 Å². The minimum absolute atomic E-state index is 0.806. The highest BCUT2D eigenvalue weighted by Gasteiger charge is 1.98. The van der Waals surface area contributed by atoms with Crippen LogP contribution in [0.2, 0.25) is 5.67 Å². The van der Waals surface area contributed by atoms with E-state index in [4.69, 9.17) is 0 Å². The molecular weight excluding hydrogens is 96.3 g/mol. The van der Waals surface area contributed by atoms with Crippen molar-refractivity contribution in [1.82, 2.24) is 0 Å². The molecule has 1 heterocycles. The zero-order valence-electron chi connectivity index (χ0n) is 2.83. The van der Waals surface area contributed by atoms with Crippen molar-refractivity contribution in [3.63, 3.8) is 0 Å². The molecule has 0 saturated carbocycles. The van der Waals surface area contributed by atoms with Gasteiger partial charge in [-0.2, -0.15) is 0 Å². The van der Waals surface area contributed by atoms with Crippen molar-refractivity contribution in [2.24, 2.45) is 0 Å². The normalized spacial score (nSPS) is 42.0. The summed E-state index contributed by atoms with van der Waals surface area (Å²) in [5.41, 5.74) is 1.84. The Morgan fingerprint density at radius 1 is 1.25 bits per heavy atom. The fourth-order valence-corrected chi connectivity index (χ4v) is 6.75. The number of hydrogen-bond acceptors (Lipinski definition) is 0. The highest BCUT2D eigenvalue weighted by atomic mass is 29.6. The summed E-state index contributed by atoms with van der Waals surface area (Å²) in [6.45, 7) is 0. The Morgan fingerprint density at radius 3 is 1.50 bits per heavy atom. The largest absolute Gasteiger partial charge is 0.0771 e. The minimum Gasteiger partial charge on any atom is -0.0771 e. The Bertz CT molecular complexity index is 11.2. The SMILES string of the molecule is C1[SiH2][SiH2][SiH2]1. The Balaban J connectivity index is 2.00. The maximum atomic E-state index is 1.84. The lowest BCUT2D eigenvalue weighted by molar-refractivity contribution is 2.06. The van der Waals surface area contributed by atoms with Gasteiger partial charge in [-0.25, -0.2) is 0 Å². The molecule has 0 aromatic heterocycles. The van der Waals surface area contributed by atoms with Crippen LogP contribution < -0.4 is 0 Å². The fraction of sp³-hybridized carbons (Fsp3) is 1.00. The third-order valence-corrected chi connectivity index (χ3v) is 27.0. The molecule has 1 aliphatic rings. The second kappa shape index (κ2) is 1.19. The van der Waals surface area contributed by atoms with Crippen LogP contribution >= 0.6 is 0 Å². The minimum atomic E-state index is 0.806. The van der Waals surface area contributed by atoms with Crippen molar-refractivity contribution in [1.29, 1.82) is 0 Å². The van der Waals surface area contributed by atoms with Crippen molar-refractivity contribution in [2.45, 2.75) is 5.67 Å². The maximum Gasteiger partial charge on any atom is 0.00143 e. The van der Waals surface area contributed by atoms with Gasteiger partial charge in [-0.1, -0.05) is 5.67 Å². The molecule has 4 heavy (non-hydrogen) atoms. The van der Waals surface area contributed by atoms with Crippen molar-refractivity contribution < 1.29 is 0 Å². The third kappa shape index (κ3) is 0.334. The molecule has 1 fully saturated rings. The van der Waals surface area contributed by atoms with Crippen LogP contribution in [-0.4, -0.2) is 26.6 Å². The summed E-state index contributed by atoms with van der Waals surface area (Å²) in [7, 11) is 2.49. The second-order valence-corrected chi connectivity index (χ2v) is 19.1. The van der Waals surface area contributed by atoms with Crippen LogP contribution in [-0.2, 0) is 0 Å². The van der Waals surface area contributed by atoms with E-state index in [1.807, 2.05) is 5.67 Å². The average molecular weight is 104 g/mol. The molecule has 0 aromatic rings. The first-order valence-electron chi connectivity index (χ1n) is 2.00. The van der Waals surface area contributed by atoms with Crippen LogP contribution in [0.4, 0.5) is 0 Å². The van der Waals surface area contributed by atoms with Gasteiger partial charge in [0.2, 0.25) is 0 Å². The molecule has 0 aromatic carbocycles. The maximum absolute atomic E-state index is 1.84. The average Bonchev–Trinajstić information content (AvgIpc) is 0.722. The molecule has 0 aliphatic carbocycles. The lowest BCUT2D eigenvalue weighted by atomic mass is 11.9. The first-order valence-corrected chi connectivity index (χ1v) is 12.0. The summed E-state index contributed by atoms with van der Waals surface area (Å²) in [5, 5.41) is 0. The highest BCUT2D eigenvalue weighted by Crippen LogP contribution is 1.80. The third-order valence-electron chi connectivity index (χ3n) is 1.000. The molecule has 0 unspecified atom stereocenters. The smallest absolute Gasteiger partial charge is 0.00143 e. The van der Waals surface area contributed by atoms with Gasteiger partial charge in [-0.15, -0.1) is 0 Å².